The third-order valence-electron chi connectivity index (χ3n) is 1.08. The van der Waals surface area contributed by atoms with Crippen LogP contribution in [0.4, 0.5) is 0 Å². The van der Waals surface area contributed by atoms with E-state index in [0.717, 1.165) is 6.42 Å². The summed E-state index contributed by atoms with van der Waals surface area (Å²) >= 11 is 1.81. The highest BCUT2D eigenvalue weighted by atomic mass is 32.2. The van der Waals surface area contributed by atoms with Gasteiger partial charge in [-0.2, -0.15) is 11.8 Å². The van der Waals surface area contributed by atoms with Crippen molar-refractivity contribution in [1.82, 2.24) is 0 Å². The lowest BCUT2D eigenvalue weighted by Crippen LogP contribution is -2.11. The van der Waals surface area contributed by atoms with Gasteiger partial charge in [-0.25, -0.2) is 0 Å². The maximum absolute atomic E-state index is 5.13. The zero-order valence-electron chi connectivity index (χ0n) is 5.69. The van der Waals surface area contributed by atoms with E-state index in [0.29, 0.717) is 0 Å². The summed E-state index contributed by atoms with van der Waals surface area (Å²) < 4.78 is 0.273. The van der Waals surface area contributed by atoms with Crippen molar-refractivity contribution in [2.75, 3.05) is 6.26 Å². The van der Waals surface area contributed by atoms with E-state index < -0.39 is 0 Å². The number of hydrogen-bond acceptors (Lipinski definition) is 1. The number of thioether (sulfide) groups is 1. The second-order valence-electron chi connectivity index (χ2n) is 2.34. The summed E-state index contributed by atoms with van der Waals surface area (Å²) in [5.41, 5.74) is 0. The smallest absolute Gasteiger partial charge is 0.0228 e. The van der Waals surface area contributed by atoms with Crippen LogP contribution < -0.4 is 0 Å². The molecule has 0 aromatic heterocycles. The van der Waals surface area contributed by atoms with E-state index in [2.05, 4.69) is 26.0 Å². The summed E-state index contributed by atoms with van der Waals surface area (Å²) in [5.74, 6) is 2.64. The molecule has 0 radical (unpaired) electrons. The van der Waals surface area contributed by atoms with Crippen LogP contribution in [0.3, 0.4) is 0 Å². The molecule has 0 nitrogen and oxygen atoms in total. The van der Waals surface area contributed by atoms with Crippen LogP contribution in [-0.4, -0.2) is 11.0 Å². The molecule has 0 aliphatic heterocycles. The van der Waals surface area contributed by atoms with Gasteiger partial charge in [0, 0.05) is 11.2 Å². The molecule has 0 aromatic rings. The molecular weight excluding hydrogens is 116 g/mol. The molecule has 0 rings (SSSR count). The Labute approximate surface area is 56.1 Å². The van der Waals surface area contributed by atoms with Crippen molar-refractivity contribution in [2.24, 2.45) is 0 Å². The Morgan fingerprint density at radius 1 is 1.62 bits per heavy atom. The molecule has 0 aliphatic carbocycles. The van der Waals surface area contributed by atoms with Gasteiger partial charge < -0.3 is 0 Å². The first-order valence-corrected chi connectivity index (χ1v) is 3.83. The molecule has 0 atom stereocenters. The lowest BCUT2D eigenvalue weighted by atomic mass is 10.1. The highest BCUT2D eigenvalue weighted by Crippen LogP contribution is 2.23. The van der Waals surface area contributed by atoms with Gasteiger partial charge in [0.15, 0.2) is 0 Å². The molecule has 0 aromatic carbocycles. The fourth-order valence-corrected chi connectivity index (χ4v) is 0.546. The standard InChI is InChI=1S/C7H12S/c1-5-6-7(2,3)8-4/h1H,6H2,2-4H3. The second kappa shape index (κ2) is 3.04. The minimum atomic E-state index is 0.273. The van der Waals surface area contributed by atoms with Crippen molar-refractivity contribution >= 4 is 11.8 Å². The van der Waals surface area contributed by atoms with Gasteiger partial charge in [0.2, 0.25) is 0 Å². The predicted octanol–water partition coefficient (Wildman–Crippen LogP) is 2.15. The van der Waals surface area contributed by atoms with Gasteiger partial charge >= 0.3 is 0 Å². The number of terminal acetylenes is 1. The minimum Gasteiger partial charge on any atom is -0.158 e. The fraction of sp³-hybridized carbons (Fsp3) is 0.714. The summed E-state index contributed by atoms with van der Waals surface area (Å²) in [4.78, 5) is 0. The predicted molar refractivity (Wildman–Crippen MR) is 41.0 cm³/mol. The maximum Gasteiger partial charge on any atom is 0.0228 e. The lowest BCUT2D eigenvalue weighted by molar-refractivity contribution is 0.742. The molecule has 1 heteroatoms. The normalized spacial score (nSPS) is 10.8. The molecule has 8 heavy (non-hydrogen) atoms. The molecule has 0 saturated carbocycles. The molecule has 0 heterocycles. The SMILES string of the molecule is C#CCC(C)(C)SC. The average molecular weight is 128 g/mol. The van der Waals surface area contributed by atoms with E-state index in [4.69, 9.17) is 6.42 Å². The van der Waals surface area contributed by atoms with Gasteiger partial charge in [0.25, 0.3) is 0 Å². The quantitative estimate of drug-likeness (QED) is 0.513. The van der Waals surface area contributed by atoms with Gasteiger partial charge in [-0.3, -0.25) is 0 Å². The van der Waals surface area contributed by atoms with E-state index in [-0.39, 0.29) is 4.75 Å². The third kappa shape index (κ3) is 2.98. The van der Waals surface area contributed by atoms with Crippen LogP contribution >= 0.6 is 11.8 Å². The second-order valence-corrected chi connectivity index (χ2v) is 3.86. The van der Waals surface area contributed by atoms with Crippen LogP contribution in [0.1, 0.15) is 20.3 Å². The number of rotatable bonds is 2. The van der Waals surface area contributed by atoms with E-state index >= 15 is 0 Å². The molecular formula is C7H12S. The topological polar surface area (TPSA) is 0 Å². The maximum atomic E-state index is 5.13. The molecule has 0 fully saturated rings. The number of hydrogen-bond donors (Lipinski definition) is 0. The zero-order valence-corrected chi connectivity index (χ0v) is 6.51. The van der Waals surface area contributed by atoms with Crippen molar-refractivity contribution in [2.45, 2.75) is 25.0 Å². The third-order valence-corrected chi connectivity index (χ3v) is 2.33. The lowest BCUT2D eigenvalue weighted by Gasteiger charge is -2.17. The Bertz CT molecular complexity index is 97.4. The van der Waals surface area contributed by atoms with Crippen LogP contribution in [0.5, 0.6) is 0 Å². The van der Waals surface area contributed by atoms with Crippen LogP contribution in [0.2, 0.25) is 0 Å². The summed E-state index contributed by atoms with van der Waals surface area (Å²) in [7, 11) is 0. The Hall–Kier alpha value is -0.0900. The Morgan fingerprint density at radius 3 is 2.25 bits per heavy atom. The fourth-order valence-electron chi connectivity index (χ4n) is 0.318. The summed E-state index contributed by atoms with van der Waals surface area (Å²) in [6, 6.07) is 0. The van der Waals surface area contributed by atoms with Crippen molar-refractivity contribution < 1.29 is 0 Å². The first kappa shape index (κ1) is 7.91. The molecule has 0 amide bonds. The highest BCUT2D eigenvalue weighted by Gasteiger charge is 2.12. The molecule has 0 spiro atoms. The van der Waals surface area contributed by atoms with Gasteiger partial charge in [-0.1, -0.05) is 0 Å². The first-order chi connectivity index (χ1) is 3.62. The van der Waals surface area contributed by atoms with Crippen LogP contribution in [0.15, 0.2) is 0 Å². The van der Waals surface area contributed by atoms with E-state index in [1.807, 2.05) is 11.8 Å². The molecule has 0 saturated heterocycles. The monoisotopic (exact) mass is 128 g/mol. The molecule has 0 N–H and O–H groups in total. The molecule has 0 unspecified atom stereocenters. The van der Waals surface area contributed by atoms with E-state index in [9.17, 15) is 0 Å². The van der Waals surface area contributed by atoms with Crippen molar-refractivity contribution in [3.8, 4) is 12.3 Å². The van der Waals surface area contributed by atoms with Crippen molar-refractivity contribution in [1.29, 1.82) is 0 Å². The van der Waals surface area contributed by atoms with Gasteiger partial charge in [-0.05, 0) is 20.1 Å². The first-order valence-electron chi connectivity index (χ1n) is 2.61. The Morgan fingerprint density at radius 2 is 2.12 bits per heavy atom. The van der Waals surface area contributed by atoms with Crippen molar-refractivity contribution in [3.05, 3.63) is 0 Å². The molecule has 46 valence electrons. The minimum absolute atomic E-state index is 0.273. The van der Waals surface area contributed by atoms with Crippen molar-refractivity contribution in [3.63, 3.8) is 0 Å². The summed E-state index contributed by atoms with van der Waals surface area (Å²) in [5, 5.41) is 0. The highest BCUT2D eigenvalue weighted by molar-refractivity contribution is 7.99. The van der Waals surface area contributed by atoms with Crippen LogP contribution in [-0.2, 0) is 0 Å². The summed E-state index contributed by atoms with van der Waals surface area (Å²) in [6.07, 6.45) is 8.06. The van der Waals surface area contributed by atoms with Crippen LogP contribution in [0, 0.1) is 12.3 Å². The van der Waals surface area contributed by atoms with Gasteiger partial charge in [-0.15, -0.1) is 12.3 Å². The van der Waals surface area contributed by atoms with Gasteiger partial charge in [0.1, 0.15) is 0 Å². The van der Waals surface area contributed by atoms with Crippen LogP contribution in [0.25, 0.3) is 0 Å². The van der Waals surface area contributed by atoms with E-state index in [1.54, 1.807) is 0 Å². The molecule has 0 bridgehead atoms. The molecule has 0 aliphatic rings. The Balaban J connectivity index is 3.58. The van der Waals surface area contributed by atoms with E-state index in [1.165, 1.54) is 0 Å². The van der Waals surface area contributed by atoms with Gasteiger partial charge in [0.05, 0.1) is 0 Å². The summed E-state index contributed by atoms with van der Waals surface area (Å²) in [6.45, 7) is 4.30. The average Bonchev–Trinajstić information content (AvgIpc) is 1.67. The zero-order chi connectivity index (χ0) is 6.62. The Kier molecular flexibility index (Phi) is 3.01. The largest absolute Gasteiger partial charge is 0.158 e.